The number of fused-ring (bicyclic) bond motifs is 7. The van der Waals surface area contributed by atoms with Crippen LogP contribution in [0.3, 0.4) is 0 Å². The van der Waals surface area contributed by atoms with E-state index < -0.39 is 0 Å². The molecule has 2 heterocycles. The second kappa shape index (κ2) is 21.4. The molecule has 0 fully saturated rings. The predicted molar refractivity (Wildman–Crippen MR) is 355 cm³/mol. The summed E-state index contributed by atoms with van der Waals surface area (Å²) in [7, 11) is 0. The Balaban J connectivity index is 0.921. The van der Waals surface area contributed by atoms with E-state index in [-0.39, 0.29) is 5.92 Å². The molecule has 1 aliphatic carbocycles. The van der Waals surface area contributed by atoms with E-state index in [4.69, 9.17) is 0 Å². The number of anilines is 6. The topological polar surface area (TPSA) is 11.4 Å². The smallest absolute Gasteiger partial charge is 0.0640 e. The zero-order chi connectivity index (χ0) is 55.1. The lowest BCUT2D eigenvalue weighted by atomic mass is 9.89. The summed E-state index contributed by atoms with van der Waals surface area (Å²) in [5.74, 6) is 0.272. The zero-order valence-electron chi connectivity index (χ0n) is 45.4. The molecule has 0 saturated heterocycles. The van der Waals surface area contributed by atoms with Crippen LogP contribution >= 0.6 is 11.3 Å². The van der Waals surface area contributed by atoms with Crippen LogP contribution in [0.4, 0.5) is 34.1 Å². The van der Waals surface area contributed by atoms with E-state index in [2.05, 4.69) is 307 Å². The Morgan fingerprint density at radius 2 is 0.963 bits per heavy atom. The number of benzene rings is 11. The van der Waals surface area contributed by atoms with Crippen LogP contribution in [-0.4, -0.2) is 4.57 Å². The Morgan fingerprint density at radius 3 is 1.62 bits per heavy atom. The van der Waals surface area contributed by atoms with Gasteiger partial charge in [-0.2, -0.15) is 0 Å². The van der Waals surface area contributed by atoms with E-state index in [1.807, 2.05) is 29.6 Å². The van der Waals surface area contributed by atoms with Gasteiger partial charge in [-0.25, -0.2) is 0 Å². The van der Waals surface area contributed by atoms with Crippen molar-refractivity contribution in [1.29, 1.82) is 0 Å². The standard InChI is InChI=1S/C78H57N3S/c1-4-53-29-37-63(38-30-53)79(68-45-46-70-73(51-68)81(66-41-33-55(6-3)34-42-66)78-76(70)72(59-23-14-9-15-24-59)52-75-77(78)71-27-16-17-28-74(71)82-75)65-43-35-58(36-44-65)60-25-18-26-67(48-60)80(64-39-31-54(5-2)32-40-64)69-49-61(56-19-10-7-11-20-56)47-62(50-69)57-21-12-8-13-22-57/h4-21,23-52,57H,1-3,22H2. The maximum absolute atomic E-state index is 4.10. The maximum Gasteiger partial charge on any atom is 0.0640 e. The molecule has 1 unspecified atom stereocenters. The van der Waals surface area contributed by atoms with Gasteiger partial charge in [0, 0.05) is 76.7 Å². The van der Waals surface area contributed by atoms with E-state index in [0.29, 0.717) is 0 Å². The molecule has 14 rings (SSSR count). The monoisotopic (exact) mass is 1070 g/mol. The molecule has 0 radical (unpaired) electrons. The van der Waals surface area contributed by atoms with Crippen LogP contribution in [0.1, 0.15) is 34.6 Å². The molecule has 390 valence electrons. The molecule has 0 N–H and O–H groups in total. The van der Waals surface area contributed by atoms with Gasteiger partial charge in [0.05, 0.1) is 11.0 Å². The Morgan fingerprint density at radius 1 is 0.402 bits per heavy atom. The molecule has 82 heavy (non-hydrogen) atoms. The quantitative estimate of drug-likeness (QED) is 0.108. The number of hydrogen-bond acceptors (Lipinski definition) is 3. The summed E-state index contributed by atoms with van der Waals surface area (Å²) in [5.41, 5.74) is 21.3. The second-order valence-corrected chi connectivity index (χ2v) is 22.1. The number of rotatable bonds is 14. The minimum atomic E-state index is 0.272. The summed E-state index contributed by atoms with van der Waals surface area (Å²) in [6, 6.07) is 91.2. The van der Waals surface area contributed by atoms with Gasteiger partial charge in [-0.05, 0) is 159 Å². The first-order chi connectivity index (χ1) is 40.5. The Hall–Kier alpha value is -10.3. The molecule has 0 amide bonds. The first kappa shape index (κ1) is 50.0. The summed E-state index contributed by atoms with van der Waals surface area (Å²) in [6.07, 6.45) is 15.6. The van der Waals surface area contributed by atoms with Gasteiger partial charge in [0.15, 0.2) is 0 Å². The lowest BCUT2D eigenvalue weighted by Crippen LogP contribution is -2.11. The van der Waals surface area contributed by atoms with Gasteiger partial charge in [-0.3, -0.25) is 0 Å². The minimum absolute atomic E-state index is 0.272. The second-order valence-electron chi connectivity index (χ2n) is 21.0. The highest BCUT2D eigenvalue weighted by molar-refractivity contribution is 7.26. The summed E-state index contributed by atoms with van der Waals surface area (Å²) in [5, 5.41) is 4.96. The van der Waals surface area contributed by atoms with E-state index in [1.165, 1.54) is 64.3 Å². The molecule has 0 saturated carbocycles. The third-order valence-electron chi connectivity index (χ3n) is 16.1. The van der Waals surface area contributed by atoms with E-state index in [0.717, 1.165) is 79.6 Å². The summed E-state index contributed by atoms with van der Waals surface area (Å²) >= 11 is 1.87. The van der Waals surface area contributed by atoms with Crippen molar-refractivity contribution in [2.45, 2.75) is 12.3 Å². The third-order valence-corrected chi connectivity index (χ3v) is 17.3. The lowest BCUT2D eigenvalue weighted by Gasteiger charge is -2.28. The highest BCUT2D eigenvalue weighted by atomic mass is 32.1. The third kappa shape index (κ3) is 9.15. The lowest BCUT2D eigenvalue weighted by molar-refractivity contribution is 0.854. The van der Waals surface area contributed by atoms with Crippen molar-refractivity contribution in [2.75, 3.05) is 9.80 Å². The van der Waals surface area contributed by atoms with Crippen molar-refractivity contribution >= 4 is 106 Å². The molecule has 3 nitrogen and oxygen atoms in total. The molecule has 11 aromatic carbocycles. The van der Waals surface area contributed by atoms with Gasteiger partial charge in [-0.1, -0.05) is 214 Å². The molecule has 1 atom stereocenters. The van der Waals surface area contributed by atoms with Crippen LogP contribution in [-0.2, 0) is 0 Å². The van der Waals surface area contributed by atoms with Crippen molar-refractivity contribution in [3.05, 3.63) is 315 Å². The largest absolute Gasteiger partial charge is 0.310 e. The van der Waals surface area contributed by atoms with Crippen LogP contribution in [0.5, 0.6) is 0 Å². The number of aromatic nitrogens is 1. The van der Waals surface area contributed by atoms with Gasteiger partial charge < -0.3 is 14.4 Å². The fourth-order valence-electron chi connectivity index (χ4n) is 12.1. The Labute approximate surface area is 483 Å². The van der Waals surface area contributed by atoms with Crippen molar-refractivity contribution in [2.24, 2.45) is 0 Å². The Kier molecular flexibility index (Phi) is 13.1. The van der Waals surface area contributed by atoms with Crippen molar-refractivity contribution in [1.82, 2.24) is 4.57 Å². The molecular formula is C78H57N3S. The average molecular weight is 1070 g/mol. The van der Waals surface area contributed by atoms with Crippen molar-refractivity contribution < 1.29 is 0 Å². The molecule has 0 aliphatic heterocycles. The van der Waals surface area contributed by atoms with Crippen LogP contribution in [0.25, 0.3) is 99.3 Å². The Bertz CT molecular complexity index is 4620. The van der Waals surface area contributed by atoms with Crippen LogP contribution in [0, 0.1) is 0 Å². The highest BCUT2D eigenvalue weighted by Crippen LogP contribution is 2.49. The van der Waals surface area contributed by atoms with Gasteiger partial charge in [0.1, 0.15) is 0 Å². The molecule has 2 aromatic heterocycles. The zero-order valence-corrected chi connectivity index (χ0v) is 46.2. The first-order valence-corrected chi connectivity index (χ1v) is 28.8. The molecule has 0 spiro atoms. The number of allylic oxidation sites excluding steroid dienone is 4. The van der Waals surface area contributed by atoms with Crippen LogP contribution < -0.4 is 9.80 Å². The summed E-state index contributed by atoms with van der Waals surface area (Å²) in [4.78, 5) is 4.78. The SMILES string of the molecule is C=Cc1ccc(N(c2cccc(-c3ccc(N(c4ccc(C=C)cc4)c4ccc5c6c(-c7ccccc7)cc7sc8ccccc8c7c6n(-c6ccc(C=C)cc6)c5c4)cc3)c2)c2cc(-c3ccccc3)cc(C3C=CC=CC3)c2)cc1. The molecule has 13 aromatic rings. The minimum Gasteiger partial charge on any atom is -0.310 e. The van der Waals surface area contributed by atoms with Gasteiger partial charge in [0.25, 0.3) is 0 Å². The predicted octanol–water partition coefficient (Wildman–Crippen LogP) is 22.6. The van der Waals surface area contributed by atoms with E-state index in [9.17, 15) is 0 Å². The van der Waals surface area contributed by atoms with Gasteiger partial charge >= 0.3 is 0 Å². The fourth-order valence-corrected chi connectivity index (χ4v) is 13.2. The normalized spacial score (nSPS) is 13.0. The number of nitrogens with zero attached hydrogens (tertiary/aromatic N) is 3. The summed E-state index contributed by atoms with van der Waals surface area (Å²) in [6.45, 7) is 12.3. The van der Waals surface area contributed by atoms with Crippen LogP contribution in [0.15, 0.2) is 293 Å². The van der Waals surface area contributed by atoms with Crippen molar-refractivity contribution in [3.63, 3.8) is 0 Å². The van der Waals surface area contributed by atoms with E-state index in [1.54, 1.807) is 0 Å². The fraction of sp³-hybridized carbons (Fsp3) is 0.0256. The van der Waals surface area contributed by atoms with Crippen LogP contribution in [0.2, 0.25) is 0 Å². The number of hydrogen-bond donors (Lipinski definition) is 0. The maximum atomic E-state index is 4.10. The molecular weight excluding hydrogens is 1010 g/mol. The highest BCUT2D eigenvalue weighted by Gasteiger charge is 2.25. The van der Waals surface area contributed by atoms with Gasteiger partial charge in [0.2, 0.25) is 0 Å². The molecule has 1 aliphatic rings. The average Bonchev–Trinajstić information content (AvgIpc) is 2.70. The van der Waals surface area contributed by atoms with Gasteiger partial charge in [-0.15, -0.1) is 11.3 Å². The summed E-state index contributed by atoms with van der Waals surface area (Å²) < 4.78 is 5.04. The molecule has 0 bridgehead atoms. The number of thiophene rings is 1. The van der Waals surface area contributed by atoms with Crippen molar-refractivity contribution in [3.8, 4) is 39.1 Å². The molecule has 4 heteroatoms. The first-order valence-electron chi connectivity index (χ1n) is 28.0. The van der Waals surface area contributed by atoms with E-state index >= 15 is 0 Å².